The van der Waals surface area contributed by atoms with Crippen LogP contribution in [0.5, 0.6) is 0 Å². The number of hydrogen-bond donors (Lipinski definition) is 3. The molecule has 3 N–H and O–H groups in total. The van der Waals surface area contributed by atoms with E-state index in [-0.39, 0.29) is 29.9 Å². The zero-order valence-electron chi connectivity index (χ0n) is 18.0. The lowest BCUT2D eigenvalue weighted by Gasteiger charge is -2.29. The van der Waals surface area contributed by atoms with E-state index in [1.165, 1.54) is 45.2 Å². The van der Waals surface area contributed by atoms with Gasteiger partial charge in [-0.1, -0.05) is 26.2 Å². The molecular weight excluding hydrogens is 465 g/mol. The number of likely N-dealkylation sites (tertiary alicyclic amines) is 1. The second kappa shape index (κ2) is 15.3. The summed E-state index contributed by atoms with van der Waals surface area (Å²) in [4.78, 5) is 19.3. The molecule has 1 saturated carbocycles. The minimum absolute atomic E-state index is 0. The van der Waals surface area contributed by atoms with Crippen molar-refractivity contribution in [2.45, 2.75) is 77.7 Å². The molecule has 1 amide bonds. The summed E-state index contributed by atoms with van der Waals surface area (Å²) in [5.74, 6) is 1.87. The average Bonchev–Trinajstić information content (AvgIpc) is 2.67. The summed E-state index contributed by atoms with van der Waals surface area (Å²) in [6, 6.07) is 0.394. The van der Waals surface area contributed by atoms with Crippen LogP contribution in [0.3, 0.4) is 0 Å². The maximum atomic E-state index is 12.1. The first-order chi connectivity index (χ1) is 13.2. The number of carbonyl (C=O) groups excluding carboxylic acids is 1. The predicted octanol–water partition coefficient (Wildman–Crippen LogP) is 3.12. The van der Waals surface area contributed by atoms with Gasteiger partial charge in [-0.3, -0.25) is 9.79 Å². The first-order valence-corrected chi connectivity index (χ1v) is 11.2. The molecule has 1 saturated heterocycles. The van der Waals surface area contributed by atoms with Crippen LogP contribution in [0.4, 0.5) is 0 Å². The van der Waals surface area contributed by atoms with E-state index in [1.807, 2.05) is 0 Å². The molecule has 1 aliphatic carbocycles. The number of aliphatic imine (C=N–C) groups is 1. The van der Waals surface area contributed by atoms with Gasteiger partial charge in [-0.2, -0.15) is 0 Å². The number of piperidine rings is 1. The fourth-order valence-electron chi connectivity index (χ4n) is 3.95. The third-order valence-corrected chi connectivity index (χ3v) is 5.74. The molecule has 0 aromatic heterocycles. The van der Waals surface area contributed by atoms with E-state index in [9.17, 15) is 4.79 Å². The largest absolute Gasteiger partial charge is 0.357 e. The molecule has 0 spiro atoms. The number of halogens is 1. The SMILES string of the molecule is CCNC(=NCCCN1CCC(C)CC1)NCCC(=O)NC1CCCCC1.I. The molecule has 2 aliphatic rings. The topological polar surface area (TPSA) is 68.8 Å². The Morgan fingerprint density at radius 1 is 1.07 bits per heavy atom. The maximum Gasteiger partial charge on any atom is 0.221 e. The van der Waals surface area contributed by atoms with Gasteiger partial charge in [0.1, 0.15) is 0 Å². The number of nitrogens with one attached hydrogen (secondary N) is 3. The molecule has 0 atom stereocenters. The highest BCUT2D eigenvalue weighted by molar-refractivity contribution is 14.0. The van der Waals surface area contributed by atoms with E-state index in [4.69, 9.17) is 0 Å². The van der Waals surface area contributed by atoms with Crippen LogP contribution in [0.25, 0.3) is 0 Å². The summed E-state index contributed by atoms with van der Waals surface area (Å²) in [6.07, 6.45) is 10.3. The molecular formula is C21H42IN5O. The fourth-order valence-corrected chi connectivity index (χ4v) is 3.95. The maximum absolute atomic E-state index is 12.1. The normalized spacial score (nSPS) is 19.7. The van der Waals surface area contributed by atoms with Gasteiger partial charge in [-0.25, -0.2) is 0 Å². The average molecular weight is 508 g/mol. The van der Waals surface area contributed by atoms with Crippen molar-refractivity contribution in [2.75, 3.05) is 39.3 Å². The lowest BCUT2D eigenvalue weighted by Crippen LogP contribution is -2.41. The Morgan fingerprint density at radius 3 is 2.46 bits per heavy atom. The first-order valence-electron chi connectivity index (χ1n) is 11.2. The molecule has 2 rings (SSSR count). The molecule has 1 aliphatic heterocycles. The van der Waals surface area contributed by atoms with Gasteiger partial charge >= 0.3 is 0 Å². The molecule has 28 heavy (non-hydrogen) atoms. The van der Waals surface area contributed by atoms with E-state index in [1.54, 1.807) is 0 Å². The van der Waals surface area contributed by atoms with Crippen molar-refractivity contribution in [3.8, 4) is 0 Å². The lowest BCUT2D eigenvalue weighted by molar-refractivity contribution is -0.121. The van der Waals surface area contributed by atoms with Gasteiger partial charge in [0.05, 0.1) is 0 Å². The summed E-state index contributed by atoms with van der Waals surface area (Å²) in [7, 11) is 0. The van der Waals surface area contributed by atoms with Crippen LogP contribution in [-0.4, -0.2) is 62.1 Å². The number of nitrogens with zero attached hydrogens (tertiary/aromatic N) is 2. The third-order valence-electron chi connectivity index (χ3n) is 5.74. The number of hydrogen-bond acceptors (Lipinski definition) is 3. The van der Waals surface area contributed by atoms with E-state index in [2.05, 4.69) is 39.7 Å². The number of rotatable bonds is 9. The van der Waals surface area contributed by atoms with Crippen LogP contribution in [0.1, 0.15) is 71.6 Å². The van der Waals surface area contributed by atoms with Crippen molar-refractivity contribution in [1.29, 1.82) is 0 Å². The van der Waals surface area contributed by atoms with Crippen molar-refractivity contribution in [2.24, 2.45) is 10.9 Å². The van der Waals surface area contributed by atoms with Crippen molar-refractivity contribution < 1.29 is 4.79 Å². The molecule has 6 nitrogen and oxygen atoms in total. The first kappa shape index (κ1) is 25.5. The Hall–Kier alpha value is -0.570. The van der Waals surface area contributed by atoms with Crippen LogP contribution in [0, 0.1) is 5.92 Å². The van der Waals surface area contributed by atoms with Crippen molar-refractivity contribution in [1.82, 2.24) is 20.9 Å². The van der Waals surface area contributed by atoms with Crippen molar-refractivity contribution >= 4 is 35.8 Å². The Morgan fingerprint density at radius 2 is 1.79 bits per heavy atom. The van der Waals surface area contributed by atoms with E-state index in [0.29, 0.717) is 19.0 Å². The van der Waals surface area contributed by atoms with E-state index < -0.39 is 0 Å². The lowest BCUT2D eigenvalue weighted by atomic mass is 9.95. The Labute approximate surface area is 189 Å². The zero-order valence-corrected chi connectivity index (χ0v) is 20.3. The van der Waals surface area contributed by atoms with Gasteiger partial charge < -0.3 is 20.9 Å². The van der Waals surface area contributed by atoms with Gasteiger partial charge in [0.15, 0.2) is 5.96 Å². The molecule has 2 fully saturated rings. The molecule has 7 heteroatoms. The summed E-state index contributed by atoms with van der Waals surface area (Å²) < 4.78 is 0. The monoisotopic (exact) mass is 507 g/mol. The summed E-state index contributed by atoms with van der Waals surface area (Å²) in [5, 5.41) is 9.74. The number of guanidine groups is 1. The highest BCUT2D eigenvalue weighted by Crippen LogP contribution is 2.17. The predicted molar refractivity (Wildman–Crippen MR) is 128 cm³/mol. The summed E-state index contributed by atoms with van der Waals surface area (Å²) >= 11 is 0. The highest BCUT2D eigenvalue weighted by atomic mass is 127. The zero-order chi connectivity index (χ0) is 19.3. The second-order valence-corrected chi connectivity index (χ2v) is 8.22. The van der Waals surface area contributed by atoms with E-state index in [0.717, 1.165) is 50.8 Å². The van der Waals surface area contributed by atoms with Crippen LogP contribution >= 0.6 is 24.0 Å². The Bertz CT molecular complexity index is 446. The molecule has 0 bridgehead atoms. The summed E-state index contributed by atoms with van der Waals surface area (Å²) in [6.45, 7) is 10.3. The summed E-state index contributed by atoms with van der Waals surface area (Å²) in [5.41, 5.74) is 0. The van der Waals surface area contributed by atoms with Crippen molar-refractivity contribution in [3.63, 3.8) is 0 Å². The molecule has 0 aromatic rings. The third kappa shape index (κ3) is 10.8. The number of carbonyl (C=O) groups is 1. The van der Waals surface area contributed by atoms with Crippen LogP contribution < -0.4 is 16.0 Å². The smallest absolute Gasteiger partial charge is 0.221 e. The Balaban J connectivity index is 0.00000392. The van der Waals surface area contributed by atoms with Gasteiger partial charge in [0.25, 0.3) is 0 Å². The molecule has 0 aromatic carbocycles. The fraction of sp³-hybridized carbons (Fsp3) is 0.905. The van der Waals surface area contributed by atoms with Crippen LogP contribution in [0.2, 0.25) is 0 Å². The van der Waals surface area contributed by atoms with Gasteiger partial charge in [-0.05, 0) is 64.6 Å². The van der Waals surface area contributed by atoms with Crippen LogP contribution in [-0.2, 0) is 4.79 Å². The molecule has 0 unspecified atom stereocenters. The molecule has 164 valence electrons. The molecule has 1 heterocycles. The van der Waals surface area contributed by atoms with Crippen LogP contribution in [0.15, 0.2) is 4.99 Å². The number of amides is 1. The quantitative estimate of drug-likeness (QED) is 0.194. The van der Waals surface area contributed by atoms with E-state index >= 15 is 0 Å². The second-order valence-electron chi connectivity index (χ2n) is 8.22. The standard InChI is InChI=1S/C21H41N5O.HI/c1-3-22-21(23-13-7-15-26-16-11-18(2)12-17-26)24-14-10-20(27)25-19-8-5-4-6-9-19;/h18-19H,3-17H2,1-2H3,(H,25,27)(H2,22,23,24);1H. The molecule has 0 radical (unpaired) electrons. The van der Waals surface area contributed by atoms with Gasteiger partial charge in [0, 0.05) is 32.1 Å². The minimum Gasteiger partial charge on any atom is -0.357 e. The van der Waals surface area contributed by atoms with Gasteiger partial charge in [0.2, 0.25) is 5.91 Å². The highest BCUT2D eigenvalue weighted by Gasteiger charge is 2.16. The minimum atomic E-state index is 0. The van der Waals surface area contributed by atoms with Gasteiger partial charge in [-0.15, -0.1) is 24.0 Å². The Kier molecular flexibility index (Phi) is 13.9. The van der Waals surface area contributed by atoms with Crippen molar-refractivity contribution in [3.05, 3.63) is 0 Å².